The van der Waals surface area contributed by atoms with E-state index in [4.69, 9.17) is 23.2 Å². The number of imide groups is 1. The van der Waals surface area contributed by atoms with Crippen LogP contribution in [-0.2, 0) is 4.79 Å². The Morgan fingerprint density at radius 3 is 2.57 bits per heavy atom. The standard InChI is InChI=1S/C17H17Cl2F2N5O2/c1-16(2)4-7(5-17(16,20)21)8-3-10(9-6-22-15(28)24-14(9)27)25-26-12(19)11(18)23-13(8)26/h3,7,9H,4-6H2,1-2H3,(H2,22,24,27,28). The first-order valence-electron chi connectivity index (χ1n) is 8.71. The highest BCUT2D eigenvalue weighted by atomic mass is 35.5. The molecule has 1 saturated carbocycles. The molecule has 2 fully saturated rings. The zero-order chi connectivity index (χ0) is 20.4. The van der Waals surface area contributed by atoms with Gasteiger partial charge >= 0.3 is 6.03 Å². The van der Waals surface area contributed by atoms with Crippen molar-refractivity contribution in [3.63, 3.8) is 0 Å². The number of fused-ring (bicyclic) bond motifs is 1. The zero-order valence-electron chi connectivity index (χ0n) is 15.0. The van der Waals surface area contributed by atoms with Crippen molar-refractivity contribution in [1.29, 1.82) is 0 Å². The summed E-state index contributed by atoms with van der Waals surface area (Å²) in [6, 6.07) is 1.00. The molecule has 1 saturated heterocycles. The van der Waals surface area contributed by atoms with Gasteiger partial charge in [-0.15, -0.1) is 0 Å². The predicted molar refractivity (Wildman–Crippen MR) is 98.0 cm³/mol. The summed E-state index contributed by atoms with van der Waals surface area (Å²) in [5.41, 5.74) is -0.0932. The van der Waals surface area contributed by atoms with Crippen LogP contribution < -0.4 is 10.6 Å². The van der Waals surface area contributed by atoms with Gasteiger partial charge in [-0.2, -0.15) is 5.10 Å². The number of nitrogens with zero attached hydrogens (tertiary/aromatic N) is 3. The van der Waals surface area contributed by atoms with Gasteiger partial charge in [-0.3, -0.25) is 10.1 Å². The van der Waals surface area contributed by atoms with Crippen LogP contribution in [0.3, 0.4) is 0 Å². The number of imidazole rings is 1. The average Bonchev–Trinajstić information content (AvgIpc) is 2.99. The summed E-state index contributed by atoms with van der Waals surface area (Å²) in [5, 5.41) is 9.07. The molecular weight excluding hydrogens is 415 g/mol. The van der Waals surface area contributed by atoms with Crippen molar-refractivity contribution in [3.05, 3.63) is 27.6 Å². The third-order valence-electron chi connectivity index (χ3n) is 5.60. The fourth-order valence-electron chi connectivity index (χ4n) is 3.90. The Hall–Kier alpha value is -2.00. The van der Waals surface area contributed by atoms with E-state index < -0.39 is 35.1 Å². The van der Waals surface area contributed by atoms with Crippen molar-refractivity contribution in [2.75, 3.05) is 6.54 Å². The highest BCUT2D eigenvalue weighted by Crippen LogP contribution is 2.56. The average molecular weight is 432 g/mol. The lowest BCUT2D eigenvalue weighted by molar-refractivity contribution is -0.122. The number of hydrogen-bond donors (Lipinski definition) is 2. The second-order valence-electron chi connectivity index (χ2n) is 7.90. The first kappa shape index (κ1) is 19.3. The number of urea groups is 1. The van der Waals surface area contributed by atoms with E-state index in [0.29, 0.717) is 11.3 Å². The Morgan fingerprint density at radius 2 is 1.96 bits per heavy atom. The molecular formula is C17H17Cl2F2N5O2. The van der Waals surface area contributed by atoms with Crippen molar-refractivity contribution >= 4 is 40.8 Å². The second kappa shape index (κ2) is 6.25. The van der Waals surface area contributed by atoms with Gasteiger partial charge in [-0.05, 0) is 18.4 Å². The molecule has 2 unspecified atom stereocenters. The summed E-state index contributed by atoms with van der Waals surface area (Å²) < 4.78 is 30.3. The van der Waals surface area contributed by atoms with Crippen molar-refractivity contribution < 1.29 is 18.4 Å². The van der Waals surface area contributed by atoms with Crippen LogP contribution in [0.1, 0.15) is 49.8 Å². The van der Waals surface area contributed by atoms with Crippen LogP contribution in [0.4, 0.5) is 13.6 Å². The monoisotopic (exact) mass is 431 g/mol. The first-order valence-corrected chi connectivity index (χ1v) is 9.47. The molecule has 0 spiro atoms. The SMILES string of the molecule is CC1(C)CC(c2cc(C3CNC(=O)NC3=O)nn3c(Cl)c(Cl)nc23)CC1(F)F. The largest absolute Gasteiger partial charge is 0.337 e. The molecule has 1 aliphatic carbocycles. The molecule has 2 aromatic rings. The molecule has 2 aliphatic rings. The maximum Gasteiger partial charge on any atom is 0.321 e. The third-order valence-corrected chi connectivity index (χ3v) is 6.30. The van der Waals surface area contributed by atoms with Crippen LogP contribution in [0.2, 0.25) is 10.3 Å². The zero-order valence-corrected chi connectivity index (χ0v) is 16.5. The third kappa shape index (κ3) is 2.91. The molecule has 2 N–H and O–H groups in total. The lowest BCUT2D eigenvalue weighted by Gasteiger charge is -2.25. The van der Waals surface area contributed by atoms with E-state index in [9.17, 15) is 18.4 Å². The lowest BCUT2D eigenvalue weighted by atomic mass is 9.86. The van der Waals surface area contributed by atoms with E-state index in [0.717, 1.165) is 0 Å². The van der Waals surface area contributed by atoms with Gasteiger partial charge in [0.2, 0.25) is 5.91 Å². The Kier molecular flexibility index (Phi) is 4.31. The van der Waals surface area contributed by atoms with E-state index in [2.05, 4.69) is 20.7 Å². The lowest BCUT2D eigenvalue weighted by Crippen LogP contribution is -2.51. The normalized spacial score (nSPS) is 26.4. The molecule has 3 heterocycles. The van der Waals surface area contributed by atoms with Crippen molar-refractivity contribution in [2.24, 2.45) is 5.41 Å². The fraction of sp³-hybridized carbons (Fsp3) is 0.529. The number of carbonyl (C=O) groups excluding carboxylic acids is 2. The molecule has 4 rings (SSSR count). The fourth-order valence-corrected chi connectivity index (χ4v) is 4.22. The van der Waals surface area contributed by atoms with Crippen LogP contribution in [-0.4, -0.2) is 39.0 Å². The highest BCUT2D eigenvalue weighted by Gasteiger charge is 2.55. The molecule has 7 nitrogen and oxygen atoms in total. The number of alkyl halides is 2. The molecule has 0 aromatic carbocycles. The van der Waals surface area contributed by atoms with Gasteiger partial charge < -0.3 is 5.32 Å². The number of halogens is 4. The van der Waals surface area contributed by atoms with Gasteiger partial charge in [0.25, 0.3) is 5.92 Å². The van der Waals surface area contributed by atoms with Gasteiger partial charge in [-0.25, -0.2) is 23.1 Å². The van der Waals surface area contributed by atoms with Gasteiger partial charge in [0.15, 0.2) is 16.0 Å². The topological polar surface area (TPSA) is 88.4 Å². The minimum absolute atomic E-state index is 0.00187. The van der Waals surface area contributed by atoms with Gasteiger partial charge in [-0.1, -0.05) is 37.0 Å². The summed E-state index contributed by atoms with van der Waals surface area (Å²) in [6.45, 7) is 3.10. The number of carbonyl (C=O) groups is 2. The van der Waals surface area contributed by atoms with Crippen LogP contribution in [0.25, 0.3) is 5.65 Å². The number of aromatic nitrogens is 3. The molecule has 11 heteroatoms. The van der Waals surface area contributed by atoms with E-state index in [1.54, 1.807) is 6.07 Å². The van der Waals surface area contributed by atoms with E-state index in [1.165, 1.54) is 18.4 Å². The van der Waals surface area contributed by atoms with Crippen molar-refractivity contribution in [3.8, 4) is 0 Å². The number of amides is 3. The second-order valence-corrected chi connectivity index (χ2v) is 8.61. The minimum atomic E-state index is -2.85. The minimum Gasteiger partial charge on any atom is -0.337 e. The molecule has 150 valence electrons. The molecule has 28 heavy (non-hydrogen) atoms. The summed E-state index contributed by atoms with van der Waals surface area (Å²) in [6.07, 6.45) is -0.121. The quantitative estimate of drug-likeness (QED) is 0.761. The molecule has 3 amide bonds. The van der Waals surface area contributed by atoms with Gasteiger partial charge in [0.05, 0.1) is 11.6 Å². The molecule has 2 aromatic heterocycles. The van der Waals surface area contributed by atoms with Gasteiger partial charge in [0, 0.05) is 23.9 Å². The Balaban J connectivity index is 1.85. The van der Waals surface area contributed by atoms with E-state index in [1.807, 2.05) is 0 Å². The summed E-state index contributed by atoms with van der Waals surface area (Å²) in [4.78, 5) is 27.8. The van der Waals surface area contributed by atoms with E-state index >= 15 is 0 Å². The molecule has 1 aliphatic heterocycles. The van der Waals surface area contributed by atoms with Crippen LogP contribution in [0.5, 0.6) is 0 Å². The first-order chi connectivity index (χ1) is 13.0. The molecule has 0 radical (unpaired) electrons. The van der Waals surface area contributed by atoms with Gasteiger partial charge in [0.1, 0.15) is 0 Å². The van der Waals surface area contributed by atoms with Crippen LogP contribution >= 0.6 is 23.2 Å². The van der Waals surface area contributed by atoms with Crippen molar-refractivity contribution in [1.82, 2.24) is 25.2 Å². The predicted octanol–water partition coefficient (Wildman–Crippen LogP) is 3.50. The molecule has 0 bridgehead atoms. The highest BCUT2D eigenvalue weighted by molar-refractivity contribution is 6.40. The maximum atomic E-state index is 14.5. The summed E-state index contributed by atoms with van der Waals surface area (Å²) >= 11 is 12.2. The van der Waals surface area contributed by atoms with Crippen LogP contribution in [0.15, 0.2) is 6.07 Å². The number of hydrogen-bond acceptors (Lipinski definition) is 4. The Morgan fingerprint density at radius 1 is 1.25 bits per heavy atom. The molecule has 2 atom stereocenters. The van der Waals surface area contributed by atoms with Crippen LogP contribution in [0, 0.1) is 5.41 Å². The maximum absolute atomic E-state index is 14.5. The number of nitrogens with one attached hydrogen (secondary N) is 2. The number of rotatable bonds is 2. The Bertz CT molecular complexity index is 991. The van der Waals surface area contributed by atoms with E-state index in [-0.39, 0.29) is 35.3 Å². The summed E-state index contributed by atoms with van der Waals surface area (Å²) in [7, 11) is 0. The summed E-state index contributed by atoms with van der Waals surface area (Å²) in [5.74, 6) is -4.67. The Labute approximate surface area is 168 Å². The smallest absolute Gasteiger partial charge is 0.321 e. The van der Waals surface area contributed by atoms with Crippen molar-refractivity contribution in [2.45, 2.75) is 44.4 Å².